The quantitative estimate of drug-likeness (QED) is 0.638. The van der Waals surface area contributed by atoms with Gasteiger partial charge in [-0.2, -0.15) is 4.98 Å². The average Bonchev–Trinajstić information content (AvgIpc) is 3.40. The van der Waals surface area contributed by atoms with Gasteiger partial charge in [-0.3, -0.25) is 9.52 Å². The van der Waals surface area contributed by atoms with E-state index >= 15 is 0 Å². The fraction of sp³-hybridized carbons (Fsp3) is 0.316. The highest BCUT2D eigenvalue weighted by atomic mass is 32.2. The summed E-state index contributed by atoms with van der Waals surface area (Å²) >= 11 is 1.04. The zero-order chi connectivity index (χ0) is 21.3. The third kappa shape index (κ3) is 4.23. The molecule has 0 aliphatic carbocycles. The predicted molar refractivity (Wildman–Crippen MR) is 111 cm³/mol. The number of rotatable bonds is 5. The number of benzene rings is 1. The third-order valence-electron chi connectivity index (χ3n) is 4.76. The molecule has 1 aliphatic rings. The van der Waals surface area contributed by atoms with E-state index in [9.17, 15) is 13.2 Å². The van der Waals surface area contributed by atoms with Crippen molar-refractivity contribution in [1.29, 1.82) is 0 Å². The van der Waals surface area contributed by atoms with Crippen molar-refractivity contribution in [3.63, 3.8) is 0 Å². The van der Waals surface area contributed by atoms with Crippen LogP contribution in [-0.2, 0) is 14.8 Å². The van der Waals surface area contributed by atoms with E-state index in [0.717, 1.165) is 22.5 Å². The van der Waals surface area contributed by atoms with E-state index < -0.39 is 10.0 Å². The van der Waals surface area contributed by atoms with Crippen LogP contribution in [0.2, 0.25) is 0 Å². The van der Waals surface area contributed by atoms with Crippen molar-refractivity contribution in [3.8, 4) is 11.4 Å². The Morgan fingerprint density at radius 3 is 2.67 bits per heavy atom. The molecule has 2 aromatic heterocycles. The summed E-state index contributed by atoms with van der Waals surface area (Å²) in [5, 5.41) is 5.44. The lowest BCUT2D eigenvalue weighted by Gasteiger charge is -2.25. The summed E-state index contributed by atoms with van der Waals surface area (Å²) in [4.78, 5) is 18.2. The third-order valence-corrected chi connectivity index (χ3v) is 7.59. The van der Waals surface area contributed by atoms with Gasteiger partial charge >= 0.3 is 11.8 Å². The van der Waals surface area contributed by atoms with Gasteiger partial charge < -0.3 is 14.2 Å². The number of ether oxygens (including phenoxy) is 1. The van der Waals surface area contributed by atoms with Gasteiger partial charge in [0, 0.05) is 29.7 Å². The van der Waals surface area contributed by atoms with Crippen molar-refractivity contribution in [2.45, 2.75) is 18.1 Å². The van der Waals surface area contributed by atoms with Crippen LogP contribution in [0.3, 0.4) is 0 Å². The minimum absolute atomic E-state index is 0.113. The first-order valence-electron chi connectivity index (χ1n) is 9.23. The van der Waals surface area contributed by atoms with Crippen molar-refractivity contribution >= 4 is 33.0 Å². The van der Waals surface area contributed by atoms with Gasteiger partial charge in [-0.1, -0.05) is 11.2 Å². The minimum Gasteiger partial charge on any atom is -0.378 e. The van der Waals surface area contributed by atoms with Gasteiger partial charge in [-0.15, -0.1) is 11.3 Å². The number of hydrogen-bond acceptors (Lipinski definition) is 8. The Morgan fingerprint density at radius 2 is 1.93 bits per heavy atom. The van der Waals surface area contributed by atoms with Crippen LogP contribution in [0, 0.1) is 13.8 Å². The summed E-state index contributed by atoms with van der Waals surface area (Å²) < 4.78 is 38.5. The van der Waals surface area contributed by atoms with E-state index in [1.54, 1.807) is 22.4 Å². The highest BCUT2D eigenvalue weighted by molar-refractivity contribution is 7.94. The van der Waals surface area contributed by atoms with E-state index in [1.165, 1.54) is 6.07 Å². The van der Waals surface area contributed by atoms with Crippen LogP contribution in [0.4, 0.5) is 5.69 Å². The normalized spacial score (nSPS) is 14.7. The molecule has 1 N–H and O–H groups in total. The van der Waals surface area contributed by atoms with Crippen LogP contribution in [0.1, 0.15) is 21.8 Å². The molecule has 30 heavy (non-hydrogen) atoms. The molecular formula is C19H20N4O5S2. The number of sulfonamides is 1. The standard InChI is InChI=1S/C19H20N4O5S2/c1-12-3-4-15(9-13(12)2)22-30(25,26)16-10-14(11-29-16)17-20-18(28-21-17)19(24)23-5-7-27-8-6-23/h3-4,9-11,22H,5-8H2,1-2H3. The lowest BCUT2D eigenvalue weighted by molar-refractivity contribution is 0.0272. The average molecular weight is 449 g/mol. The SMILES string of the molecule is Cc1ccc(NS(=O)(=O)c2cc(-c3noc(C(=O)N4CCOCC4)n3)cs2)cc1C. The number of hydrogen-bond donors (Lipinski definition) is 1. The molecule has 0 saturated carbocycles. The van der Waals surface area contributed by atoms with Gasteiger partial charge in [-0.25, -0.2) is 8.42 Å². The predicted octanol–water partition coefficient (Wildman–Crippen LogP) is 2.69. The molecule has 3 heterocycles. The summed E-state index contributed by atoms with van der Waals surface area (Å²) in [7, 11) is -3.76. The summed E-state index contributed by atoms with van der Waals surface area (Å²) in [6.07, 6.45) is 0. The number of nitrogens with zero attached hydrogens (tertiary/aromatic N) is 3. The monoisotopic (exact) mass is 448 g/mol. The molecule has 1 amide bonds. The van der Waals surface area contributed by atoms with Gasteiger partial charge in [-0.05, 0) is 43.2 Å². The molecule has 0 radical (unpaired) electrons. The molecule has 4 rings (SSSR count). The maximum atomic E-state index is 12.7. The molecule has 0 bridgehead atoms. The van der Waals surface area contributed by atoms with E-state index in [1.807, 2.05) is 19.9 Å². The molecule has 1 saturated heterocycles. The summed E-state index contributed by atoms with van der Waals surface area (Å²) in [6, 6.07) is 6.82. The number of morpholine rings is 1. The molecule has 9 nitrogen and oxygen atoms in total. The highest BCUT2D eigenvalue weighted by Crippen LogP contribution is 2.29. The van der Waals surface area contributed by atoms with E-state index in [4.69, 9.17) is 9.26 Å². The first-order valence-corrected chi connectivity index (χ1v) is 11.6. The smallest absolute Gasteiger partial charge is 0.316 e. The number of carbonyl (C=O) groups excluding carboxylic acids is 1. The summed E-state index contributed by atoms with van der Waals surface area (Å²) in [6.45, 7) is 5.73. The first-order chi connectivity index (χ1) is 14.3. The van der Waals surface area contributed by atoms with Crippen LogP contribution in [0.5, 0.6) is 0 Å². The lowest BCUT2D eigenvalue weighted by atomic mass is 10.1. The Labute approximate surface area is 177 Å². The molecule has 0 atom stereocenters. The van der Waals surface area contributed by atoms with Crippen LogP contribution >= 0.6 is 11.3 Å². The maximum absolute atomic E-state index is 12.7. The molecule has 0 spiro atoms. The van der Waals surface area contributed by atoms with Crippen LogP contribution in [0.25, 0.3) is 11.4 Å². The second-order valence-corrected chi connectivity index (χ2v) is 9.71. The molecule has 1 fully saturated rings. The molecule has 3 aromatic rings. The lowest BCUT2D eigenvalue weighted by Crippen LogP contribution is -2.40. The molecular weight excluding hydrogens is 428 g/mol. The highest BCUT2D eigenvalue weighted by Gasteiger charge is 2.25. The van der Waals surface area contributed by atoms with Crippen molar-refractivity contribution in [2.24, 2.45) is 0 Å². The molecule has 11 heteroatoms. The van der Waals surface area contributed by atoms with Crippen molar-refractivity contribution < 1.29 is 22.5 Å². The van der Waals surface area contributed by atoms with Gasteiger partial charge in [0.2, 0.25) is 5.82 Å². The number of aromatic nitrogens is 2. The number of nitrogens with one attached hydrogen (secondary N) is 1. The van der Waals surface area contributed by atoms with Gasteiger partial charge in [0.15, 0.2) is 0 Å². The Bertz CT molecular complexity index is 1180. The van der Waals surface area contributed by atoms with Gasteiger partial charge in [0.25, 0.3) is 10.0 Å². The molecule has 0 unspecified atom stereocenters. The zero-order valence-corrected chi connectivity index (χ0v) is 18.0. The Kier molecular flexibility index (Phi) is 5.58. The van der Waals surface area contributed by atoms with Gasteiger partial charge in [0.1, 0.15) is 4.21 Å². The topological polar surface area (TPSA) is 115 Å². The van der Waals surface area contributed by atoms with Crippen LogP contribution in [0.15, 0.2) is 38.4 Å². The molecule has 158 valence electrons. The van der Waals surface area contributed by atoms with Crippen LogP contribution in [-0.4, -0.2) is 55.7 Å². The van der Waals surface area contributed by atoms with Crippen molar-refractivity contribution in [2.75, 3.05) is 31.0 Å². The van der Waals surface area contributed by atoms with Crippen LogP contribution < -0.4 is 4.72 Å². The van der Waals surface area contributed by atoms with Crippen molar-refractivity contribution in [1.82, 2.24) is 15.0 Å². The number of thiophene rings is 1. The van der Waals surface area contributed by atoms with E-state index in [0.29, 0.717) is 37.6 Å². The fourth-order valence-electron chi connectivity index (χ4n) is 2.91. The molecule has 1 aromatic carbocycles. The zero-order valence-electron chi connectivity index (χ0n) is 16.4. The first kappa shape index (κ1) is 20.5. The minimum atomic E-state index is -3.76. The van der Waals surface area contributed by atoms with Gasteiger partial charge in [0.05, 0.1) is 13.2 Å². The second kappa shape index (κ2) is 8.17. The number of anilines is 1. The van der Waals surface area contributed by atoms with E-state index in [-0.39, 0.29) is 21.8 Å². The number of amides is 1. The molecule has 1 aliphatic heterocycles. The fourth-order valence-corrected chi connectivity index (χ4v) is 5.12. The largest absolute Gasteiger partial charge is 0.378 e. The maximum Gasteiger partial charge on any atom is 0.316 e. The second-order valence-electron chi connectivity index (χ2n) is 6.89. The summed E-state index contributed by atoms with van der Waals surface area (Å²) in [5.74, 6) is -0.331. The Balaban J connectivity index is 1.51. The Hall–Kier alpha value is -2.76. The number of carbonyl (C=O) groups is 1. The van der Waals surface area contributed by atoms with E-state index in [2.05, 4.69) is 14.9 Å². The Morgan fingerprint density at radius 1 is 1.17 bits per heavy atom. The summed E-state index contributed by atoms with van der Waals surface area (Å²) in [5.41, 5.74) is 3.03. The van der Waals surface area contributed by atoms with Crippen molar-refractivity contribution in [3.05, 3.63) is 46.7 Å². The number of aryl methyl sites for hydroxylation is 2.